The zero-order valence-corrected chi connectivity index (χ0v) is 25.5. The van der Waals surface area contributed by atoms with E-state index in [0.29, 0.717) is 19.8 Å². The van der Waals surface area contributed by atoms with Crippen LogP contribution in [0.4, 0.5) is 0 Å². The molecule has 1 atom stereocenters. The van der Waals surface area contributed by atoms with Crippen molar-refractivity contribution in [3.63, 3.8) is 0 Å². The van der Waals surface area contributed by atoms with Gasteiger partial charge in [-0.3, -0.25) is 19.3 Å². The summed E-state index contributed by atoms with van der Waals surface area (Å²) in [6, 6.07) is 25.7. The van der Waals surface area contributed by atoms with Gasteiger partial charge in [-0.1, -0.05) is 80.9 Å². The molecule has 3 aromatic carbocycles. The topological polar surface area (TPSA) is 64.0 Å². The molecule has 0 saturated heterocycles. The van der Waals surface area contributed by atoms with Crippen LogP contribution in [0.15, 0.2) is 94.7 Å². The number of benzene rings is 3. The zero-order chi connectivity index (χ0) is 29.8. The molecule has 0 fully saturated rings. The van der Waals surface area contributed by atoms with Gasteiger partial charge < -0.3 is 14.4 Å². The number of nitrogens with zero attached hydrogens (tertiary/aromatic N) is 3. The number of rotatable bonds is 10. The molecule has 1 amide bonds. The number of amides is 1. The SMILES string of the molecule is CCCCN1CN(C2c3ccccc3SCc3cccc(OCCC)c32)n2ccc(=O)c(OCc3ccccc3)c2C1=O. The Morgan fingerprint density at radius 2 is 1.70 bits per heavy atom. The zero-order valence-electron chi connectivity index (χ0n) is 24.7. The van der Waals surface area contributed by atoms with E-state index in [-0.39, 0.29) is 35.4 Å². The Labute approximate surface area is 257 Å². The normalized spacial score (nSPS) is 15.8. The number of carbonyl (C=O) groups excluding carboxylic acids is 1. The maximum atomic E-state index is 14.1. The van der Waals surface area contributed by atoms with Crippen LogP contribution in [0.2, 0.25) is 0 Å². The average molecular weight is 596 g/mol. The van der Waals surface area contributed by atoms with Gasteiger partial charge >= 0.3 is 0 Å². The first-order valence-corrected chi connectivity index (χ1v) is 16.0. The van der Waals surface area contributed by atoms with Crippen molar-refractivity contribution in [2.75, 3.05) is 24.8 Å². The van der Waals surface area contributed by atoms with Gasteiger partial charge in [0.2, 0.25) is 5.43 Å². The molecular formula is C35H37N3O4S. The summed E-state index contributed by atoms with van der Waals surface area (Å²) in [7, 11) is 0. The second kappa shape index (κ2) is 13.0. The number of thioether (sulfide) groups is 1. The summed E-state index contributed by atoms with van der Waals surface area (Å²) in [6.07, 6.45) is 4.42. The summed E-state index contributed by atoms with van der Waals surface area (Å²) in [6.45, 7) is 5.96. The maximum Gasteiger partial charge on any atom is 0.277 e. The van der Waals surface area contributed by atoms with Crippen LogP contribution in [-0.4, -0.2) is 35.3 Å². The van der Waals surface area contributed by atoms with E-state index in [9.17, 15) is 9.59 Å². The second-order valence-electron chi connectivity index (χ2n) is 10.9. The number of unbranched alkanes of at least 4 members (excludes halogenated alkanes) is 1. The Morgan fingerprint density at radius 3 is 2.51 bits per heavy atom. The van der Waals surface area contributed by atoms with Gasteiger partial charge in [0.15, 0.2) is 11.4 Å². The third-order valence-corrected chi connectivity index (χ3v) is 9.05. The predicted molar refractivity (Wildman–Crippen MR) is 171 cm³/mol. The van der Waals surface area contributed by atoms with Gasteiger partial charge in [-0.05, 0) is 41.7 Å². The van der Waals surface area contributed by atoms with Gasteiger partial charge in [-0.15, -0.1) is 11.8 Å². The molecule has 4 aromatic rings. The molecule has 0 spiro atoms. The van der Waals surface area contributed by atoms with Gasteiger partial charge in [0.1, 0.15) is 25.1 Å². The molecular weight excluding hydrogens is 558 g/mol. The minimum Gasteiger partial charge on any atom is -0.493 e. The lowest BCUT2D eigenvalue weighted by atomic mass is 9.93. The lowest BCUT2D eigenvalue weighted by molar-refractivity contribution is 0.0673. The van der Waals surface area contributed by atoms with Crippen molar-refractivity contribution >= 4 is 17.7 Å². The molecule has 7 nitrogen and oxygen atoms in total. The Morgan fingerprint density at radius 1 is 0.884 bits per heavy atom. The van der Waals surface area contributed by atoms with Crippen molar-refractivity contribution < 1.29 is 14.3 Å². The molecule has 8 heteroatoms. The van der Waals surface area contributed by atoms with E-state index in [2.05, 4.69) is 55.3 Å². The van der Waals surface area contributed by atoms with Crippen LogP contribution < -0.4 is 19.9 Å². The summed E-state index contributed by atoms with van der Waals surface area (Å²) >= 11 is 1.81. The van der Waals surface area contributed by atoms with E-state index < -0.39 is 0 Å². The molecule has 0 radical (unpaired) electrons. The fourth-order valence-electron chi connectivity index (χ4n) is 5.79. The molecule has 0 bridgehead atoms. The molecule has 222 valence electrons. The maximum absolute atomic E-state index is 14.1. The number of carbonyl (C=O) groups is 1. The van der Waals surface area contributed by atoms with Crippen LogP contribution in [-0.2, 0) is 12.4 Å². The summed E-state index contributed by atoms with van der Waals surface area (Å²) in [5.74, 6) is 1.54. The Hall–Kier alpha value is -4.17. The Kier molecular flexibility index (Phi) is 8.74. The smallest absolute Gasteiger partial charge is 0.277 e. The van der Waals surface area contributed by atoms with E-state index in [4.69, 9.17) is 9.47 Å². The van der Waals surface area contributed by atoms with Crippen molar-refractivity contribution in [3.05, 3.63) is 123 Å². The van der Waals surface area contributed by atoms with Gasteiger partial charge in [0.05, 0.1) is 6.61 Å². The fraction of sp³-hybridized carbons (Fsp3) is 0.314. The first-order valence-electron chi connectivity index (χ1n) is 15.1. The molecule has 0 N–H and O–H groups in total. The van der Waals surface area contributed by atoms with Gasteiger partial charge in [0, 0.05) is 35.0 Å². The molecule has 0 saturated carbocycles. The van der Waals surface area contributed by atoms with Crippen molar-refractivity contribution in [2.24, 2.45) is 0 Å². The lowest BCUT2D eigenvalue weighted by Gasteiger charge is -2.44. The number of fused-ring (bicyclic) bond motifs is 3. The molecule has 2 aliphatic rings. The van der Waals surface area contributed by atoms with Crippen LogP contribution in [0.1, 0.15) is 71.9 Å². The highest BCUT2D eigenvalue weighted by Crippen LogP contribution is 2.46. The van der Waals surface area contributed by atoms with Crippen LogP contribution >= 0.6 is 11.8 Å². The summed E-state index contributed by atoms with van der Waals surface area (Å²) < 4.78 is 14.4. The minimum absolute atomic E-state index is 0.0783. The molecule has 2 aliphatic heterocycles. The quantitative estimate of drug-likeness (QED) is 0.202. The van der Waals surface area contributed by atoms with E-state index in [1.165, 1.54) is 16.5 Å². The van der Waals surface area contributed by atoms with E-state index >= 15 is 0 Å². The van der Waals surface area contributed by atoms with Crippen molar-refractivity contribution in [3.8, 4) is 11.5 Å². The molecule has 1 aromatic heterocycles. The average Bonchev–Trinajstić information content (AvgIpc) is 3.21. The van der Waals surface area contributed by atoms with Crippen molar-refractivity contribution in [1.82, 2.24) is 9.58 Å². The number of ether oxygens (including phenoxy) is 2. The third kappa shape index (κ3) is 5.76. The molecule has 0 aliphatic carbocycles. The highest BCUT2D eigenvalue weighted by molar-refractivity contribution is 7.98. The standard InChI is InChI=1S/C35H37N3O4S/c1-3-5-19-36-24-38(37-20-18-28(39)34(33(37)35(36)40)42-22-25-12-7-6-8-13-25)32-27-15-9-10-17-30(27)43-23-26-14-11-16-29(31(26)32)41-21-4-2/h6-18,20,32H,3-5,19,21-24H2,1-2H3. The first-order chi connectivity index (χ1) is 21.1. The van der Waals surface area contributed by atoms with Crippen LogP contribution in [0, 0.1) is 0 Å². The highest BCUT2D eigenvalue weighted by atomic mass is 32.2. The highest BCUT2D eigenvalue weighted by Gasteiger charge is 2.40. The molecule has 1 unspecified atom stereocenters. The van der Waals surface area contributed by atoms with Crippen LogP contribution in [0.25, 0.3) is 0 Å². The first kappa shape index (κ1) is 28.9. The molecule has 3 heterocycles. The second-order valence-corrected chi connectivity index (χ2v) is 11.9. The van der Waals surface area contributed by atoms with Crippen molar-refractivity contribution in [1.29, 1.82) is 0 Å². The van der Waals surface area contributed by atoms with Crippen LogP contribution in [0.3, 0.4) is 0 Å². The summed E-state index contributed by atoms with van der Waals surface area (Å²) in [5, 5.41) is 2.20. The van der Waals surface area contributed by atoms with E-state index in [1.807, 2.05) is 57.7 Å². The number of hydrogen-bond acceptors (Lipinski definition) is 6. The largest absolute Gasteiger partial charge is 0.493 e. The monoisotopic (exact) mass is 595 g/mol. The summed E-state index contributed by atoms with van der Waals surface area (Å²) in [4.78, 5) is 30.5. The third-order valence-electron chi connectivity index (χ3n) is 7.91. The Bertz CT molecular complexity index is 1650. The van der Waals surface area contributed by atoms with Gasteiger partial charge in [0.25, 0.3) is 5.91 Å². The Balaban J connectivity index is 1.54. The van der Waals surface area contributed by atoms with Gasteiger partial charge in [-0.25, -0.2) is 0 Å². The van der Waals surface area contributed by atoms with E-state index in [0.717, 1.165) is 47.5 Å². The van der Waals surface area contributed by atoms with Crippen LogP contribution in [0.5, 0.6) is 11.5 Å². The fourth-order valence-corrected chi connectivity index (χ4v) is 6.88. The predicted octanol–water partition coefficient (Wildman–Crippen LogP) is 6.76. The number of pyridine rings is 1. The van der Waals surface area contributed by atoms with E-state index in [1.54, 1.807) is 6.20 Å². The summed E-state index contributed by atoms with van der Waals surface area (Å²) in [5.41, 5.74) is 4.30. The minimum atomic E-state index is -0.308. The number of hydrogen-bond donors (Lipinski definition) is 0. The van der Waals surface area contributed by atoms with Crippen molar-refractivity contribution in [2.45, 2.75) is 56.4 Å². The number of aromatic nitrogens is 1. The lowest BCUT2D eigenvalue weighted by Crippen LogP contribution is -2.56. The molecule has 43 heavy (non-hydrogen) atoms. The van der Waals surface area contributed by atoms with Gasteiger partial charge in [-0.2, -0.15) is 0 Å². The molecule has 6 rings (SSSR count).